The molecule has 3 nitrogen and oxygen atoms in total. The van der Waals surface area contributed by atoms with Crippen molar-refractivity contribution in [3.63, 3.8) is 0 Å². The van der Waals surface area contributed by atoms with Gasteiger partial charge in [0.25, 0.3) is 0 Å². The zero-order valence-corrected chi connectivity index (χ0v) is 13.1. The molecular formula is C16H22N2OS. The van der Waals surface area contributed by atoms with Gasteiger partial charge in [-0.2, -0.15) is 0 Å². The van der Waals surface area contributed by atoms with Crippen LogP contribution in [0.25, 0.3) is 0 Å². The van der Waals surface area contributed by atoms with Gasteiger partial charge in [0.05, 0.1) is 13.2 Å². The van der Waals surface area contributed by atoms with Crippen LogP contribution in [0.2, 0.25) is 0 Å². The fraction of sp³-hybridized carbons (Fsp3) is 0.375. The molecule has 2 N–H and O–H groups in total. The minimum absolute atomic E-state index is 0.264. The number of methoxy groups -OCH3 is 1. The second-order valence-electron chi connectivity index (χ2n) is 4.97. The van der Waals surface area contributed by atoms with Crippen molar-refractivity contribution in [3.8, 4) is 5.75 Å². The lowest BCUT2D eigenvalue weighted by Gasteiger charge is -2.26. The second-order valence-corrected chi connectivity index (χ2v) is 6.29. The highest BCUT2D eigenvalue weighted by molar-refractivity contribution is 7.12. The monoisotopic (exact) mass is 290 g/mol. The minimum Gasteiger partial charge on any atom is -0.497 e. The van der Waals surface area contributed by atoms with Crippen LogP contribution in [0.4, 0.5) is 0 Å². The molecule has 1 aromatic heterocycles. The number of likely N-dealkylation sites (N-methyl/N-ethyl adjacent to an activating group) is 1. The van der Waals surface area contributed by atoms with Gasteiger partial charge in [-0.05, 0) is 43.8 Å². The molecule has 1 atom stereocenters. The largest absolute Gasteiger partial charge is 0.497 e. The van der Waals surface area contributed by atoms with Crippen molar-refractivity contribution >= 4 is 11.3 Å². The van der Waals surface area contributed by atoms with E-state index in [2.05, 4.69) is 43.1 Å². The van der Waals surface area contributed by atoms with E-state index in [4.69, 9.17) is 10.5 Å². The highest BCUT2D eigenvalue weighted by Crippen LogP contribution is 2.27. The van der Waals surface area contributed by atoms with Crippen molar-refractivity contribution in [2.24, 2.45) is 5.73 Å². The van der Waals surface area contributed by atoms with E-state index in [0.717, 1.165) is 12.3 Å². The molecule has 2 aromatic rings. The highest BCUT2D eigenvalue weighted by Gasteiger charge is 2.17. The van der Waals surface area contributed by atoms with Crippen LogP contribution in [0.3, 0.4) is 0 Å². The Bertz CT molecular complexity index is 553. The number of hydrogen-bond acceptors (Lipinski definition) is 4. The Hall–Kier alpha value is -1.36. The first-order chi connectivity index (χ1) is 9.63. The predicted molar refractivity (Wildman–Crippen MR) is 85.3 cm³/mol. The Balaban J connectivity index is 2.10. The van der Waals surface area contributed by atoms with Gasteiger partial charge in [-0.3, -0.25) is 4.90 Å². The lowest BCUT2D eigenvalue weighted by molar-refractivity contribution is 0.245. The summed E-state index contributed by atoms with van der Waals surface area (Å²) in [5, 5.41) is 0. The van der Waals surface area contributed by atoms with Gasteiger partial charge in [0.15, 0.2) is 0 Å². The topological polar surface area (TPSA) is 38.5 Å². The van der Waals surface area contributed by atoms with Gasteiger partial charge in [-0.1, -0.05) is 12.1 Å². The quantitative estimate of drug-likeness (QED) is 0.888. The Morgan fingerprint density at radius 2 is 2.10 bits per heavy atom. The van der Waals surface area contributed by atoms with E-state index >= 15 is 0 Å². The fourth-order valence-corrected chi connectivity index (χ4v) is 3.37. The van der Waals surface area contributed by atoms with Gasteiger partial charge in [-0.25, -0.2) is 0 Å². The lowest BCUT2D eigenvalue weighted by atomic mass is 10.1. The van der Waals surface area contributed by atoms with Crippen molar-refractivity contribution < 1.29 is 4.74 Å². The van der Waals surface area contributed by atoms with Crippen molar-refractivity contribution in [1.29, 1.82) is 0 Å². The molecule has 0 spiro atoms. The first-order valence-corrected chi connectivity index (χ1v) is 7.55. The number of aryl methyl sites for hydroxylation is 1. The molecule has 20 heavy (non-hydrogen) atoms. The summed E-state index contributed by atoms with van der Waals surface area (Å²) in [5.41, 5.74) is 7.20. The maximum Gasteiger partial charge on any atom is 0.119 e. The number of nitrogens with two attached hydrogens (primary N) is 1. The van der Waals surface area contributed by atoms with Gasteiger partial charge in [0, 0.05) is 22.8 Å². The van der Waals surface area contributed by atoms with E-state index in [-0.39, 0.29) is 6.04 Å². The lowest BCUT2D eigenvalue weighted by Crippen LogP contribution is -2.29. The summed E-state index contributed by atoms with van der Waals surface area (Å²) in [7, 11) is 3.81. The average Bonchev–Trinajstić information content (AvgIpc) is 2.86. The number of rotatable bonds is 6. The third-order valence-electron chi connectivity index (χ3n) is 3.41. The maximum absolute atomic E-state index is 5.97. The Labute approximate surface area is 125 Å². The van der Waals surface area contributed by atoms with Crippen LogP contribution < -0.4 is 10.5 Å². The van der Waals surface area contributed by atoms with Crippen LogP contribution in [0.5, 0.6) is 5.75 Å². The Morgan fingerprint density at radius 3 is 2.70 bits per heavy atom. The van der Waals surface area contributed by atoms with E-state index < -0.39 is 0 Å². The number of ether oxygens (including phenoxy) is 1. The van der Waals surface area contributed by atoms with Gasteiger partial charge in [-0.15, -0.1) is 11.3 Å². The van der Waals surface area contributed by atoms with Gasteiger partial charge >= 0.3 is 0 Å². The van der Waals surface area contributed by atoms with E-state index in [1.54, 1.807) is 7.11 Å². The van der Waals surface area contributed by atoms with Crippen LogP contribution in [0, 0.1) is 6.92 Å². The Kier molecular flexibility index (Phi) is 5.17. The summed E-state index contributed by atoms with van der Waals surface area (Å²) in [6.45, 7) is 3.61. The van der Waals surface area contributed by atoms with E-state index in [9.17, 15) is 0 Å². The summed E-state index contributed by atoms with van der Waals surface area (Å²) >= 11 is 1.82. The third-order valence-corrected chi connectivity index (χ3v) is 4.51. The number of thiophene rings is 1. The number of benzene rings is 1. The zero-order chi connectivity index (χ0) is 14.5. The molecule has 0 amide bonds. The molecule has 0 aliphatic rings. The second kappa shape index (κ2) is 6.88. The average molecular weight is 290 g/mol. The van der Waals surface area contributed by atoms with Crippen molar-refractivity contribution in [2.45, 2.75) is 19.5 Å². The summed E-state index contributed by atoms with van der Waals surface area (Å²) in [4.78, 5) is 4.95. The first kappa shape index (κ1) is 15.0. The van der Waals surface area contributed by atoms with Crippen molar-refractivity contribution in [1.82, 2.24) is 4.90 Å². The Morgan fingerprint density at radius 1 is 1.30 bits per heavy atom. The molecule has 1 aromatic carbocycles. The van der Waals surface area contributed by atoms with Crippen molar-refractivity contribution in [2.75, 3.05) is 20.7 Å². The molecular weight excluding hydrogens is 268 g/mol. The minimum atomic E-state index is 0.264. The van der Waals surface area contributed by atoms with E-state index in [0.29, 0.717) is 6.54 Å². The summed E-state index contributed by atoms with van der Waals surface area (Å²) in [6, 6.07) is 12.8. The molecule has 1 unspecified atom stereocenters. The summed E-state index contributed by atoms with van der Waals surface area (Å²) in [5.74, 6) is 0.896. The van der Waals surface area contributed by atoms with Crippen LogP contribution in [0.1, 0.15) is 21.4 Å². The van der Waals surface area contributed by atoms with Gasteiger partial charge in [0.1, 0.15) is 5.75 Å². The molecule has 0 bridgehead atoms. The van der Waals surface area contributed by atoms with Gasteiger partial charge < -0.3 is 10.5 Å². The highest BCUT2D eigenvalue weighted by atomic mass is 32.1. The predicted octanol–water partition coefficient (Wildman–Crippen LogP) is 3.20. The normalized spacial score (nSPS) is 12.7. The number of hydrogen-bond donors (Lipinski definition) is 1. The molecule has 4 heteroatoms. The molecule has 0 saturated carbocycles. The van der Waals surface area contributed by atoms with E-state index in [1.807, 2.05) is 23.5 Å². The molecule has 0 aliphatic heterocycles. The maximum atomic E-state index is 5.97. The van der Waals surface area contributed by atoms with Crippen LogP contribution in [-0.4, -0.2) is 25.6 Å². The summed E-state index contributed by atoms with van der Waals surface area (Å²) < 4.78 is 5.27. The molecule has 108 valence electrons. The molecule has 2 rings (SSSR count). The van der Waals surface area contributed by atoms with E-state index in [1.165, 1.54) is 15.3 Å². The van der Waals surface area contributed by atoms with Gasteiger partial charge in [0.2, 0.25) is 0 Å². The zero-order valence-electron chi connectivity index (χ0n) is 12.3. The molecule has 0 aliphatic carbocycles. The first-order valence-electron chi connectivity index (χ1n) is 6.73. The number of nitrogens with zero attached hydrogens (tertiary/aromatic N) is 1. The molecule has 1 heterocycles. The fourth-order valence-electron chi connectivity index (χ4n) is 2.31. The van der Waals surface area contributed by atoms with Crippen molar-refractivity contribution in [3.05, 3.63) is 51.7 Å². The molecule has 0 fully saturated rings. The standard InChI is InChI=1S/C16H22N2OS/c1-12-7-8-16(20-12)15(10-17)18(2)11-13-5-4-6-14(9-13)19-3/h4-9,15H,10-11,17H2,1-3H3. The molecule has 0 saturated heterocycles. The summed E-state index contributed by atoms with van der Waals surface area (Å²) in [6.07, 6.45) is 0. The smallest absolute Gasteiger partial charge is 0.119 e. The van der Waals surface area contributed by atoms with Crippen LogP contribution in [0.15, 0.2) is 36.4 Å². The third kappa shape index (κ3) is 3.60. The molecule has 0 radical (unpaired) electrons. The van der Waals surface area contributed by atoms with Crippen LogP contribution >= 0.6 is 11.3 Å². The van der Waals surface area contributed by atoms with Crippen LogP contribution in [-0.2, 0) is 6.54 Å². The SMILES string of the molecule is COc1cccc(CN(C)C(CN)c2ccc(C)s2)c1.